The number of hydrogen-bond donors (Lipinski definition) is 2. The molecule has 1 aliphatic rings. The third kappa shape index (κ3) is 1.99. The molecule has 0 aliphatic carbocycles. The summed E-state index contributed by atoms with van der Waals surface area (Å²) in [7, 11) is 0. The number of carbonyl (C=O) groups is 1. The van der Waals surface area contributed by atoms with E-state index in [2.05, 4.69) is 5.32 Å². The van der Waals surface area contributed by atoms with Crippen LogP contribution in [0.1, 0.15) is 11.5 Å². The van der Waals surface area contributed by atoms with Crippen molar-refractivity contribution in [2.24, 2.45) is 5.92 Å². The minimum Gasteiger partial charge on any atom is -0.481 e. The molecule has 1 aliphatic heterocycles. The number of nitrogens with one attached hydrogen (secondary N) is 1. The number of benzene rings is 1. The van der Waals surface area contributed by atoms with Gasteiger partial charge in [0.05, 0.1) is 5.92 Å². The van der Waals surface area contributed by atoms with E-state index in [4.69, 9.17) is 5.11 Å². The molecule has 3 nitrogen and oxygen atoms in total. The van der Waals surface area contributed by atoms with Crippen molar-refractivity contribution in [2.45, 2.75) is 5.92 Å². The number of aliphatic carboxylic acids is 1. The maximum atomic E-state index is 12.7. The number of hydrogen-bond acceptors (Lipinski definition) is 2. The molecule has 2 atom stereocenters. The molecule has 2 rings (SSSR count). The van der Waals surface area contributed by atoms with Crippen LogP contribution in [-0.2, 0) is 4.79 Å². The van der Waals surface area contributed by atoms with Gasteiger partial charge in [0.2, 0.25) is 0 Å². The van der Waals surface area contributed by atoms with Crippen LogP contribution in [0.25, 0.3) is 0 Å². The maximum absolute atomic E-state index is 12.7. The van der Waals surface area contributed by atoms with Crippen molar-refractivity contribution >= 4 is 5.97 Å². The Labute approximate surface area is 86.9 Å². The van der Waals surface area contributed by atoms with Gasteiger partial charge in [-0.15, -0.1) is 0 Å². The zero-order valence-corrected chi connectivity index (χ0v) is 8.11. The first-order valence-electron chi connectivity index (χ1n) is 4.87. The van der Waals surface area contributed by atoms with Gasteiger partial charge in [0.15, 0.2) is 0 Å². The first-order valence-corrected chi connectivity index (χ1v) is 4.87. The Kier molecular flexibility index (Phi) is 2.68. The SMILES string of the molecule is O=C(O)C1CNCC1c1ccc(F)cc1. The highest BCUT2D eigenvalue weighted by Gasteiger charge is 2.33. The van der Waals surface area contributed by atoms with E-state index in [-0.39, 0.29) is 11.7 Å². The van der Waals surface area contributed by atoms with Gasteiger partial charge in [-0.25, -0.2) is 4.39 Å². The van der Waals surface area contributed by atoms with Crippen LogP contribution in [0.3, 0.4) is 0 Å². The second-order valence-corrected chi connectivity index (χ2v) is 3.76. The molecule has 1 aromatic carbocycles. The summed E-state index contributed by atoms with van der Waals surface area (Å²) in [5.74, 6) is -1.55. The van der Waals surface area contributed by atoms with E-state index < -0.39 is 11.9 Å². The van der Waals surface area contributed by atoms with Crippen LogP contribution in [0.4, 0.5) is 4.39 Å². The number of carboxylic acids is 1. The highest BCUT2D eigenvalue weighted by atomic mass is 19.1. The Hall–Kier alpha value is -1.42. The fourth-order valence-electron chi connectivity index (χ4n) is 2.00. The molecule has 15 heavy (non-hydrogen) atoms. The second-order valence-electron chi connectivity index (χ2n) is 3.76. The van der Waals surface area contributed by atoms with Gasteiger partial charge in [0.25, 0.3) is 0 Å². The maximum Gasteiger partial charge on any atom is 0.308 e. The summed E-state index contributed by atoms with van der Waals surface area (Å²) in [6.07, 6.45) is 0. The smallest absolute Gasteiger partial charge is 0.308 e. The molecule has 0 amide bonds. The predicted molar refractivity (Wildman–Crippen MR) is 53.1 cm³/mol. The lowest BCUT2D eigenvalue weighted by molar-refractivity contribution is -0.141. The Morgan fingerprint density at radius 1 is 1.33 bits per heavy atom. The summed E-state index contributed by atoms with van der Waals surface area (Å²) >= 11 is 0. The van der Waals surface area contributed by atoms with Gasteiger partial charge < -0.3 is 10.4 Å². The van der Waals surface area contributed by atoms with Gasteiger partial charge in [-0.05, 0) is 17.7 Å². The molecule has 1 heterocycles. The lowest BCUT2D eigenvalue weighted by Gasteiger charge is -2.14. The van der Waals surface area contributed by atoms with Crippen molar-refractivity contribution in [3.05, 3.63) is 35.6 Å². The summed E-state index contributed by atoms with van der Waals surface area (Å²) < 4.78 is 12.7. The van der Waals surface area contributed by atoms with Gasteiger partial charge >= 0.3 is 5.97 Å². The Bertz CT molecular complexity index is 363. The average molecular weight is 209 g/mol. The van der Waals surface area contributed by atoms with Crippen molar-refractivity contribution in [1.82, 2.24) is 5.32 Å². The minimum absolute atomic E-state index is 0.0527. The minimum atomic E-state index is -0.797. The number of carboxylic acid groups (broad SMARTS) is 1. The summed E-state index contributed by atoms with van der Waals surface area (Å²) in [5.41, 5.74) is 0.883. The largest absolute Gasteiger partial charge is 0.481 e. The van der Waals surface area contributed by atoms with Crippen molar-refractivity contribution in [1.29, 1.82) is 0 Å². The van der Waals surface area contributed by atoms with Gasteiger partial charge in [0.1, 0.15) is 5.82 Å². The average Bonchev–Trinajstić information content (AvgIpc) is 2.67. The van der Waals surface area contributed by atoms with Crippen LogP contribution in [0.2, 0.25) is 0 Å². The lowest BCUT2D eigenvalue weighted by Crippen LogP contribution is -2.20. The second kappa shape index (κ2) is 3.98. The van der Waals surface area contributed by atoms with Gasteiger partial charge in [0, 0.05) is 19.0 Å². The van der Waals surface area contributed by atoms with E-state index in [0.717, 1.165) is 5.56 Å². The summed E-state index contributed by atoms with van der Waals surface area (Å²) in [6, 6.07) is 6.05. The van der Waals surface area contributed by atoms with Gasteiger partial charge in [-0.1, -0.05) is 12.1 Å². The molecule has 4 heteroatoms. The third-order valence-electron chi connectivity index (χ3n) is 2.83. The van der Waals surface area contributed by atoms with E-state index in [1.165, 1.54) is 12.1 Å². The molecule has 0 radical (unpaired) electrons. The molecule has 0 spiro atoms. The van der Waals surface area contributed by atoms with Crippen LogP contribution in [0.15, 0.2) is 24.3 Å². The monoisotopic (exact) mass is 209 g/mol. The molecule has 1 fully saturated rings. The van der Waals surface area contributed by atoms with Crippen LogP contribution in [-0.4, -0.2) is 24.2 Å². The third-order valence-corrected chi connectivity index (χ3v) is 2.83. The van der Waals surface area contributed by atoms with Crippen LogP contribution < -0.4 is 5.32 Å². The van der Waals surface area contributed by atoms with Gasteiger partial charge in [-0.3, -0.25) is 4.79 Å². The van der Waals surface area contributed by atoms with Crippen molar-refractivity contribution in [3.8, 4) is 0 Å². The molecule has 1 aromatic rings. The van der Waals surface area contributed by atoms with Crippen LogP contribution in [0.5, 0.6) is 0 Å². The molecule has 2 unspecified atom stereocenters. The van der Waals surface area contributed by atoms with Crippen molar-refractivity contribution < 1.29 is 14.3 Å². The fourth-order valence-corrected chi connectivity index (χ4v) is 2.00. The summed E-state index contributed by atoms with van der Waals surface area (Å²) in [6.45, 7) is 1.12. The first kappa shape index (κ1) is 10.1. The van der Waals surface area contributed by atoms with Gasteiger partial charge in [-0.2, -0.15) is 0 Å². The zero-order valence-electron chi connectivity index (χ0n) is 8.11. The normalized spacial score (nSPS) is 25.4. The Balaban J connectivity index is 2.22. The van der Waals surface area contributed by atoms with E-state index in [9.17, 15) is 9.18 Å². The number of halogens is 1. The van der Waals surface area contributed by atoms with Crippen LogP contribution >= 0.6 is 0 Å². The lowest BCUT2D eigenvalue weighted by atomic mass is 9.89. The zero-order chi connectivity index (χ0) is 10.8. The van der Waals surface area contributed by atoms with Crippen molar-refractivity contribution in [2.75, 3.05) is 13.1 Å². The van der Waals surface area contributed by atoms with Crippen LogP contribution in [0, 0.1) is 11.7 Å². The molecule has 0 bridgehead atoms. The molecule has 1 saturated heterocycles. The quantitative estimate of drug-likeness (QED) is 0.769. The molecule has 80 valence electrons. The summed E-state index contributed by atoms with van der Waals surface area (Å²) in [5, 5.41) is 12.0. The van der Waals surface area contributed by atoms with E-state index in [0.29, 0.717) is 13.1 Å². The standard InChI is InChI=1S/C11H12FNO2/c12-8-3-1-7(2-4-8)9-5-13-6-10(9)11(14)15/h1-4,9-10,13H,5-6H2,(H,14,15). The topological polar surface area (TPSA) is 49.3 Å². The fraction of sp³-hybridized carbons (Fsp3) is 0.364. The first-order chi connectivity index (χ1) is 7.18. The summed E-state index contributed by atoms with van der Waals surface area (Å²) in [4.78, 5) is 10.9. The molecular formula is C11H12FNO2. The Morgan fingerprint density at radius 2 is 2.00 bits per heavy atom. The van der Waals surface area contributed by atoms with Crippen molar-refractivity contribution in [3.63, 3.8) is 0 Å². The van der Waals surface area contributed by atoms with E-state index >= 15 is 0 Å². The van der Waals surface area contributed by atoms with E-state index in [1.807, 2.05) is 0 Å². The Morgan fingerprint density at radius 3 is 2.60 bits per heavy atom. The molecular weight excluding hydrogens is 197 g/mol. The number of rotatable bonds is 2. The van der Waals surface area contributed by atoms with E-state index in [1.54, 1.807) is 12.1 Å². The molecule has 0 saturated carbocycles. The molecule has 0 aromatic heterocycles. The highest BCUT2D eigenvalue weighted by molar-refractivity contribution is 5.72. The molecule has 2 N–H and O–H groups in total. The predicted octanol–water partition coefficient (Wildman–Crippen LogP) is 1.21. The highest BCUT2D eigenvalue weighted by Crippen LogP contribution is 2.28.